The highest BCUT2D eigenvalue weighted by Gasteiger charge is 2.15. The van der Waals surface area contributed by atoms with Crippen molar-refractivity contribution < 1.29 is 4.74 Å². The predicted octanol–water partition coefficient (Wildman–Crippen LogP) is 3.83. The van der Waals surface area contributed by atoms with E-state index < -0.39 is 0 Å². The maximum Gasteiger partial charge on any atom is 0.352 e. The van der Waals surface area contributed by atoms with Crippen molar-refractivity contribution in [1.82, 2.24) is 0 Å². The zero-order valence-electron chi connectivity index (χ0n) is 11.4. The molecule has 0 saturated carbocycles. The van der Waals surface area contributed by atoms with Gasteiger partial charge in [0.15, 0.2) is 0 Å². The molecule has 0 aliphatic rings. The van der Waals surface area contributed by atoms with E-state index in [-0.39, 0.29) is 0 Å². The summed E-state index contributed by atoms with van der Waals surface area (Å²) in [6, 6.07) is 6.04. The van der Waals surface area contributed by atoms with Crippen molar-refractivity contribution >= 4 is 22.1 Å². The Labute approximate surface area is 112 Å². The van der Waals surface area contributed by atoms with Crippen molar-refractivity contribution in [3.63, 3.8) is 0 Å². The molecule has 0 atom stereocenters. The van der Waals surface area contributed by atoms with Crippen LogP contribution in [0.5, 0.6) is 5.75 Å². The van der Waals surface area contributed by atoms with Gasteiger partial charge in [-0.1, -0.05) is 0 Å². The van der Waals surface area contributed by atoms with Gasteiger partial charge in [0.1, 0.15) is 11.1 Å². The Kier molecular flexibility index (Phi) is 4.02. The first-order valence-corrected chi connectivity index (χ1v) is 7.12. The molecule has 18 heavy (non-hydrogen) atoms. The minimum Gasteiger partial charge on any atom is -0.493 e. The Morgan fingerprint density at radius 3 is 2.50 bits per heavy atom. The number of thiophene rings is 1. The molecular formula is C15H19O2S+. The van der Waals surface area contributed by atoms with Gasteiger partial charge in [-0.15, -0.1) is 11.3 Å². The molecule has 0 aliphatic carbocycles. The van der Waals surface area contributed by atoms with E-state index in [0.29, 0.717) is 13.2 Å². The summed E-state index contributed by atoms with van der Waals surface area (Å²) in [6.45, 7) is 9.65. The Morgan fingerprint density at radius 2 is 1.83 bits per heavy atom. The Hall–Kier alpha value is -1.35. The van der Waals surface area contributed by atoms with Gasteiger partial charge >= 0.3 is 5.43 Å². The fraction of sp³-hybridized carbons (Fsp3) is 0.400. The molecule has 1 aromatic carbocycles. The smallest absolute Gasteiger partial charge is 0.352 e. The SMILES string of the molecule is CCOc1cccc(=[O+]CC)c2c(C)sc(C)c12. The van der Waals surface area contributed by atoms with Crippen LogP contribution in [0.3, 0.4) is 0 Å². The van der Waals surface area contributed by atoms with Gasteiger partial charge < -0.3 is 4.74 Å². The molecule has 2 nitrogen and oxygen atoms in total. The van der Waals surface area contributed by atoms with E-state index in [4.69, 9.17) is 9.16 Å². The van der Waals surface area contributed by atoms with E-state index in [0.717, 1.165) is 11.2 Å². The lowest BCUT2D eigenvalue weighted by atomic mass is 10.2. The van der Waals surface area contributed by atoms with Gasteiger partial charge in [-0.2, -0.15) is 0 Å². The van der Waals surface area contributed by atoms with Gasteiger partial charge in [0.2, 0.25) is 0 Å². The van der Waals surface area contributed by atoms with Crippen LogP contribution in [-0.2, 0) is 0 Å². The molecular weight excluding hydrogens is 244 g/mol. The van der Waals surface area contributed by atoms with Gasteiger partial charge in [-0.05, 0) is 32.9 Å². The molecule has 0 N–H and O–H groups in total. The summed E-state index contributed by atoms with van der Waals surface area (Å²) in [5.74, 6) is 0.945. The third kappa shape index (κ3) is 2.27. The zero-order chi connectivity index (χ0) is 13.1. The van der Waals surface area contributed by atoms with Crippen LogP contribution in [0.4, 0.5) is 0 Å². The number of fused-ring (bicyclic) bond motifs is 1. The maximum atomic E-state index is 5.76. The summed E-state index contributed by atoms with van der Waals surface area (Å²) < 4.78 is 11.5. The normalized spacial score (nSPS) is 12.1. The first-order valence-electron chi connectivity index (χ1n) is 6.30. The minimum atomic E-state index is 0.678. The first-order chi connectivity index (χ1) is 8.69. The van der Waals surface area contributed by atoms with Crippen LogP contribution in [0.1, 0.15) is 23.6 Å². The molecule has 2 aromatic rings. The lowest BCUT2D eigenvalue weighted by Crippen LogP contribution is -2.00. The van der Waals surface area contributed by atoms with Crippen molar-refractivity contribution in [2.45, 2.75) is 27.7 Å². The average Bonchev–Trinajstić information content (AvgIpc) is 2.52. The van der Waals surface area contributed by atoms with Crippen LogP contribution in [-0.4, -0.2) is 13.2 Å². The van der Waals surface area contributed by atoms with Crippen LogP contribution in [0, 0.1) is 13.8 Å². The largest absolute Gasteiger partial charge is 0.493 e. The lowest BCUT2D eigenvalue weighted by Gasteiger charge is -2.01. The van der Waals surface area contributed by atoms with Crippen LogP contribution >= 0.6 is 11.3 Å². The van der Waals surface area contributed by atoms with Gasteiger partial charge in [0, 0.05) is 28.1 Å². The van der Waals surface area contributed by atoms with Crippen LogP contribution in [0.2, 0.25) is 0 Å². The van der Waals surface area contributed by atoms with Crippen LogP contribution in [0.15, 0.2) is 22.6 Å². The number of rotatable bonds is 3. The lowest BCUT2D eigenvalue weighted by molar-refractivity contribution is 0.344. The molecule has 1 heterocycles. The average molecular weight is 263 g/mol. The minimum absolute atomic E-state index is 0.678. The molecule has 2 rings (SSSR count). The second-order valence-electron chi connectivity index (χ2n) is 4.08. The standard InChI is InChI=1S/C15H19O2S/c1-5-16-12-8-7-9-13(17-6-2)15-11(4)18-10(3)14(12)15/h7-9H,5-6H2,1-4H3/q+1. The Balaban J connectivity index is 2.94. The molecule has 0 bridgehead atoms. The van der Waals surface area contributed by atoms with E-state index in [2.05, 4.69) is 13.8 Å². The number of ether oxygens (including phenoxy) is 1. The van der Waals surface area contributed by atoms with Crippen LogP contribution < -0.4 is 10.2 Å². The van der Waals surface area contributed by atoms with Crippen molar-refractivity contribution in [2.75, 3.05) is 13.2 Å². The van der Waals surface area contributed by atoms with E-state index in [9.17, 15) is 0 Å². The topological polar surface area (TPSA) is 20.5 Å². The van der Waals surface area contributed by atoms with Crippen LogP contribution in [0.25, 0.3) is 10.8 Å². The maximum absolute atomic E-state index is 5.76. The third-order valence-electron chi connectivity index (χ3n) is 2.85. The fourth-order valence-electron chi connectivity index (χ4n) is 2.22. The highest BCUT2D eigenvalue weighted by atomic mass is 32.1. The molecule has 1 aromatic heterocycles. The number of hydrogen-bond acceptors (Lipinski definition) is 2. The van der Waals surface area contributed by atoms with Crippen molar-refractivity contribution in [1.29, 1.82) is 0 Å². The molecule has 0 spiro atoms. The summed E-state index contributed by atoms with van der Waals surface area (Å²) >= 11 is 1.80. The van der Waals surface area contributed by atoms with E-state index >= 15 is 0 Å². The molecule has 96 valence electrons. The second-order valence-corrected chi connectivity index (χ2v) is 5.51. The van der Waals surface area contributed by atoms with Crippen molar-refractivity contribution in [2.24, 2.45) is 0 Å². The number of aryl methyl sites for hydroxylation is 2. The monoisotopic (exact) mass is 263 g/mol. The highest BCUT2D eigenvalue weighted by Crippen LogP contribution is 2.33. The molecule has 0 saturated heterocycles. The van der Waals surface area contributed by atoms with Crippen molar-refractivity contribution in [3.8, 4) is 5.75 Å². The zero-order valence-corrected chi connectivity index (χ0v) is 12.2. The summed E-state index contributed by atoms with van der Waals surface area (Å²) in [6.07, 6.45) is 0. The van der Waals surface area contributed by atoms with Gasteiger partial charge in [-0.3, -0.25) is 4.42 Å². The molecule has 3 heteroatoms. The summed E-state index contributed by atoms with van der Waals surface area (Å²) in [5, 5.41) is 2.38. The molecule has 0 fully saturated rings. The van der Waals surface area contributed by atoms with Crippen molar-refractivity contribution in [3.05, 3.63) is 37.8 Å². The first kappa shape index (κ1) is 13.1. The molecule has 0 aliphatic heterocycles. The highest BCUT2D eigenvalue weighted by molar-refractivity contribution is 7.13. The Morgan fingerprint density at radius 1 is 1.11 bits per heavy atom. The quantitative estimate of drug-likeness (QED) is 0.771. The van der Waals surface area contributed by atoms with Gasteiger partial charge in [0.05, 0.1) is 6.61 Å². The predicted molar refractivity (Wildman–Crippen MR) is 79.3 cm³/mol. The molecule has 0 amide bonds. The fourth-order valence-corrected chi connectivity index (χ4v) is 3.29. The van der Waals surface area contributed by atoms with E-state index in [1.54, 1.807) is 11.3 Å². The third-order valence-corrected chi connectivity index (χ3v) is 3.87. The summed E-state index contributed by atoms with van der Waals surface area (Å²) in [5.41, 5.74) is 0.945. The summed E-state index contributed by atoms with van der Waals surface area (Å²) in [4.78, 5) is 2.56. The Bertz CT molecular complexity index is 626. The summed E-state index contributed by atoms with van der Waals surface area (Å²) in [7, 11) is 0. The van der Waals surface area contributed by atoms with Gasteiger partial charge in [0.25, 0.3) is 6.61 Å². The van der Waals surface area contributed by atoms with E-state index in [1.165, 1.54) is 20.5 Å². The van der Waals surface area contributed by atoms with E-state index in [1.807, 2.05) is 32.0 Å². The second kappa shape index (κ2) is 5.53. The van der Waals surface area contributed by atoms with Gasteiger partial charge in [-0.25, -0.2) is 0 Å². The number of hydrogen-bond donors (Lipinski definition) is 0. The molecule has 0 unspecified atom stereocenters. The molecule has 0 radical (unpaired) electrons.